The molecule has 106 valence electrons. The Balaban J connectivity index is 2.14. The number of fused-ring (bicyclic) bond motifs is 1. The van der Waals surface area contributed by atoms with Gasteiger partial charge in [-0.1, -0.05) is 24.3 Å². The predicted molar refractivity (Wildman–Crippen MR) is 86.6 cm³/mol. The molecule has 0 radical (unpaired) electrons. The second kappa shape index (κ2) is 5.54. The van der Waals surface area contributed by atoms with Gasteiger partial charge >= 0.3 is 0 Å². The first-order valence-electron chi connectivity index (χ1n) is 6.63. The Morgan fingerprint density at radius 3 is 2.71 bits per heavy atom. The Bertz CT molecular complexity index is 817. The Morgan fingerprint density at radius 1 is 1.14 bits per heavy atom. The normalized spacial score (nSPS) is 12.6. The number of aromatic nitrogens is 1. The molecular weight excluding hydrogens is 331 g/mol. The average molecular weight is 345 g/mol. The maximum Gasteiger partial charge on any atom is 0.123 e. The Hall–Kier alpha value is -1.78. The fraction of sp³-hybridized carbons (Fsp3) is 0.118. The van der Waals surface area contributed by atoms with Crippen LogP contribution in [0.5, 0.6) is 0 Å². The van der Waals surface area contributed by atoms with Crippen molar-refractivity contribution in [3.8, 4) is 0 Å². The average Bonchev–Trinajstić information content (AvgIpc) is 2.48. The highest BCUT2D eigenvalue weighted by Crippen LogP contribution is 2.30. The SMILES string of the molecule is Cc1ccc(F)cc1C(N)c1nc2ccccc2cc1Br. The number of rotatable bonds is 2. The third-order valence-corrected chi connectivity index (χ3v) is 4.21. The molecule has 2 aromatic carbocycles. The number of para-hydroxylation sites is 1. The molecule has 0 saturated heterocycles. The van der Waals surface area contributed by atoms with E-state index in [4.69, 9.17) is 5.73 Å². The van der Waals surface area contributed by atoms with Crippen LogP contribution in [0.3, 0.4) is 0 Å². The third-order valence-electron chi connectivity index (χ3n) is 3.58. The van der Waals surface area contributed by atoms with Crippen LogP contribution in [0, 0.1) is 12.7 Å². The maximum absolute atomic E-state index is 13.5. The van der Waals surface area contributed by atoms with Crippen molar-refractivity contribution >= 4 is 26.8 Å². The zero-order valence-corrected chi connectivity index (χ0v) is 13.1. The van der Waals surface area contributed by atoms with Crippen LogP contribution >= 0.6 is 15.9 Å². The number of hydrogen-bond donors (Lipinski definition) is 1. The van der Waals surface area contributed by atoms with Gasteiger partial charge in [0, 0.05) is 9.86 Å². The van der Waals surface area contributed by atoms with Gasteiger partial charge in [-0.05, 0) is 58.2 Å². The van der Waals surface area contributed by atoms with Crippen molar-refractivity contribution in [1.29, 1.82) is 0 Å². The van der Waals surface area contributed by atoms with E-state index in [1.807, 2.05) is 37.3 Å². The van der Waals surface area contributed by atoms with Gasteiger partial charge in [-0.3, -0.25) is 0 Å². The zero-order valence-electron chi connectivity index (χ0n) is 11.5. The van der Waals surface area contributed by atoms with E-state index in [2.05, 4.69) is 20.9 Å². The van der Waals surface area contributed by atoms with Crippen molar-refractivity contribution in [2.45, 2.75) is 13.0 Å². The quantitative estimate of drug-likeness (QED) is 0.743. The van der Waals surface area contributed by atoms with Crippen LogP contribution in [0.1, 0.15) is 22.9 Å². The Morgan fingerprint density at radius 2 is 1.90 bits per heavy atom. The number of pyridine rings is 1. The molecule has 0 aliphatic carbocycles. The first-order valence-corrected chi connectivity index (χ1v) is 7.42. The van der Waals surface area contributed by atoms with Crippen molar-refractivity contribution in [3.63, 3.8) is 0 Å². The molecule has 0 aliphatic heterocycles. The highest BCUT2D eigenvalue weighted by Gasteiger charge is 2.17. The second-order valence-electron chi connectivity index (χ2n) is 5.03. The van der Waals surface area contributed by atoms with Gasteiger partial charge < -0.3 is 5.73 Å². The molecule has 0 spiro atoms. The van der Waals surface area contributed by atoms with Gasteiger partial charge in [-0.15, -0.1) is 0 Å². The van der Waals surface area contributed by atoms with Crippen molar-refractivity contribution in [3.05, 3.63) is 75.6 Å². The lowest BCUT2D eigenvalue weighted by Gasteiger charge is -2.16. The van der Waals surface area contributed by atoms with Gasteiger partial charge in [-0.2, -0.15) is 0 Å². The molecular formula is C17H14BrFN2. The van der Waals surface area contributed by atoms with Crippen molar-refractivity contribution in [2.75, 3.05) is 0 Å². The van der Waals surface area contributed by atoms with Gasteiger partial charge in [0.2, 0.25) is 0 Å². The molecule has 1 aromatic heterocycles. The number of halogens is 2. The summed E-state index contributed by atoms with van der Waals surface area (Å²) in [5.74, 6) is -0.289. The summed E-state index contributed by atoms with van der Waals surface area (Å²) >= 11 is 3.52. The van der Waals surface area contributed by atoms with Gasteiger partial charge in [0.25, 0.3) is 0 Å². The van der Waals surface area contributed by atoms with E-state index >= 15 is 0 Å². The lowest BCUT2D eigenvalue weighted by Crippen LogP contribution is -2.16. The summed E-state index contributed by atoms with van der Waals surface area (Å²) < 4.78 is 14.3. The number of nitrogens with zero attached hydrogens (tertiary/aromatic N) is 1. The van der Waals surface area contributed by atoms with E-state index in [1.165, 1.54) is 12.1 Å². The molecule has 0 bridgehead atoms. The summed E-state index contributed by atoms with van der Waals surface area (Å²) in [6.45, 7) is 1.92. The molecule has 2 nitrogen and oxygen atoms in total. The molecule has 1 atom stereocenters. The summed E-state index contributed by atoms with van der Waals surface area (Å²) in [6, 6.07) is 14.0. The maximum atomic E-state index is 13.5. The molecule has 4 heteroatoms. The van der Waals surface area contributed by atoms with Gasteiger partial charge in [-0.25, -0.2) is 9.37 Å². The smallest absolute Gasteiger partial charge is 0.123 e. The molecule has 1 unspecified atom stereocenters. The molecule has 2 N–H and O–H groups in total. The summed E-state index contributed by atoms with van der Waals surface area (Å²) in [5, 5.41) is 1.04. The Labute approximate surface area is 130 Å². The van der Waals surface area contributed by atoms with Crippen LogP contribution in [-0.2, 0) is 0 Å². The van der Waals surface area contributed by atoms with Crippen LogP contribution < -0.4 is 5.73 Å². The van der Waals surface area contributed by atoms with Gasteiger partial charge in [0.1, 0.15) is 5.82 Å². The third kappa shape index (κ3) is 2.69. The molecule has 21 heavy (non-hydrogen) atoms. The van der Waals surface area contributed by atoms with Crippen molar-refractivity contribution in [2.24, 2.45) is 5.73 Å². The highest BCUT2D eigenvalue weighted by molar-refractivity contribution is 9.10. The highest BCUT2D eigenvalue weighted by atomic mass is 79.9. The van der Waals surface area contributed by atoms with Crippen LogP contribution in [0.4, 0.5) is 4.39 Å². The van der Waals surface area contributed by atoms with Gasteiger partial charge in [0.05, 0.1) is 17.3 Å². The van der Waals surface area contributed by atoms with Crippen LogP contribution in [-0.4, -0.2) is 4.98 Å². The van der Waals surface area contributed by atoms with E-state index in [-0.39, 0.29) is 5.82 Å². The number of hydrogen-bond acceptors (Lipinski definition) is 2. The Kier molecular flexibility index (Phi) is 3.74. The number of aryl methyl sites for hydroxylation is 1. The predicted octanol–water partition coefficient (Wildman–Crippen LogP) is 4.49. The summed E-state index contributed by atoms with van der Waals surface area (Å²) in [5.41, 5.74) is 9.60. The van der Waals surface area contributed by atoms with Crippen molar-refractivity contribution < 1.29 is 4.39 Å². The lowest BCUT2D eigenvalue weighted by atomic mass is 9.98. The van der Waals surface area contributed by atoms with Gasteiger partial charge in [0.15, 0.2) is 0 Å². The minimum absolute atomic E-state index is 0.289. The molecule has 1 heterocycles. The molecule has 0 amide bonds. The van der Waals surface area contributed by atoms with E-state index in [0.717, 1.165) is 26.5 Å². The topological polar surface area (TPSA) is 38.9 Å². The lowest BCUT2D eigenvalue weighted by molar-refractivity contribution is 0.622. The first kappa shape index (κ1) is 14.2. The largest absolute Gasteiger partial charge is 0.319 e. The molecule has 3 aromatic rings. The summed E-state index contributed by atoms with van der Waals surface area (Å²) in [6.07, 6.45) is 0. The first-order chi connectivity index (χ1) is 10.1. The number of benzene rings is 2. The fourth-order valence-corrected chi connectivity index (χ4v) is 3.00. The minimum atomic E-state index is -0.473. The van der Waals surface area contributed by atoms with Crippen LogP contribution in [0.25, 0.3) is 10.9 Å². The second-order valence-corrected chi connectivity index (χ2v) is 5.88. The van der Waals surface area contributed by atoms with E-state index in [9.17, 15) is 4.39 Å². The van der Waals surface area contributed by atoms with E-state index in [0.29, 0.717) is 5.69 Å². The fourth-order valence-electron chi connectivity index (χ4n) is 2.42. The molecule has 0 aliphatic rings. The standard InChI is InChI=1S/C17H14BrFN2/c1-10-6-7-12(19)9-13(10)16(20)17-14(18)8-11-4-2-3-5-15(11)21-17/h2-9,16H,20H2,1H3. The number of nitrogens with two attached hydrogens (primary N) is 1. The van der Waals surface area contributed by atoms with E-state index < -0.39 is 6.04 Å². The molecule has 0 fully saturated rings. The summed E-state index contributed by atoms with van der Waals surface area (Å²) in [7, 11) is 0. The molecule has 3 rings (SSSR count). The zero-order chi connectivity index (χ0) is 15.0. The van der Waals surface area contributed by atoms with Crippen molar-refractivity contribution in [1.82, 2.24) is 4.98 Å². The molecule has 0 saturated carbocycles. The van der Waals surface area contributed by atoms with E-state index in [1.54, 1.807) is 6.07 Å². The minimum Gasteiger partial charge on any atom is -0.319 e. The van der Waals surface area contributed by atoms with Crippen LogP contribution in [0.2, 0.25) is 0 Å². The summed E-state index contributed by atoms with van der Waals surface area (Å²) in [4.78, 5) is 4.63. The monoisotopic (exact) mass is 344 g/mol. The van der Waals surface area contributed by atoms with Crippen LogP contribution in [0.15, 0.2) is 53.0 Å².